The van der Waals surface area contributed by atoms with Crippen molar-refractivity contribution in [3.63, 3.8) is 0 Å². The van der Waals surface area contributed by atoms with Crippen molar-refractivity contribution in [2.45, 2.75) is 5.92 Å². The van der Waals surface area contributed by atoms with Gasteiger partial charge in [-0.2, -0.15) is 5.26 Å². The van der Waals surface area contributed by atoms with E-state index in [1.807, 2.05) is 6.07 Å². The molecule has 2 aromatic carbocycles. The number of nitro groups is 1. The summed E-state index contributed by atoms with van der Waals surface area (Å²) in [5.41, 5.74) is 5.90. The van der Waals surface area contributed by atoms with Crippen molar-refractivity contribution in [2.75, 3.05) is 7.11 Å². The van der Waals surface area contributed by atoms with E-state index in [4.69, 9.17) is 24.0 Å². The van der Waals surface area contributed by atoms with Crippen LogP contribution in [0.5, 0.6) is 11.5 Å². The Morgan fingerprint density at radius 3 is 2.78 bits per heavy atom. The minimum absolute atomic E-state index is 0.00936. The number of non-ortho nitro benzene ring substituents is 1. The van der Waals surface area contributed by atoms with E-state index in [1.165, 1.54) is 37.6 Å². The van der Waals surface area contributed by atoms with Crippen LogP contribution in [0.3, 0.4) is 0 Å². The van der Waals surface area contributed by atoms with Crippen molar-refractivity contribution in [3.05, 3.63) is 85.8 Å². The Kier molecular flexibility index (Phi) is 4.13. The van der Waals surface area contributed by atoms with Crippen LogP contribution in [0.4, 0.5) is 5.69 Å². The number of benzene rings is 2. The average Bonchev–Trinajstić information content (AvgIpc) is 3.25. The van der Waals surface area contributed by atoms with Gasteiger partial charge in [-0.25, -0.2) is 4.79 Å². The molecule has 0 amide bonds. The largest absolute Gasteiger partial charge is 0.495 e. The predicted octanol–water partition coefficient (Wildman–Crippen LogP) is 3.67. The smallest absolute Gasteiger partial charge is 0.344 e. The number of nitro benzene ring substituents is 1. The van der Waals surface area contributed by atoms with Gasteiger partial charge in [0.15, 0.2) is 5.75 Å². The number of allylic oxidation sites excluding steroid dienone is 1. The van der Waals surface area contributed by atoms with Crippen LogP contribution in [0.1, 0.15) is 17.0 Å². The third-order valence-corrected chi connectivity index (χ3v) is 5.36. The van der Waals surface area contributed by atoms with Gasteiger partial charge in [-0.15, -0.1) is 0 Å². The van der Waals surface area contributed by atoms with Crippen LogP contribution in [0.2, 0.25) is 0 Å². The molecule has 0 aliphatic carbocycles. The molecule has 0 fully saturated rings. The number of nitrogens with two attached hydrogens (primary N) is 1. The van der Waals surface area contributed by atoms with E-state index in [9.17, 15) is 20.2 Å². The maximum absolute atomic E-state index is 13.1. The van der Waals surface area contributed by atoms with Crippen LogP contribution in [-0.4, -0.2) is 12.0 Å². The molecule has 10 heteroatoms. The number of hydrogen-bond acceptors (Lipinski definition) is 9. The zero-order valence-electron chi connectivity index (χ0n) is 16.4. The fourth-order valence-corrected chi connectivity index (χ4v) is 4.03. The monoisotopic (exact) mass is 431 g/mol. The molecule has 10 nitrogen and oxygen atoms in total. The molecule has 4 aromatic rings. The summed E-state index contributed by atoms with van der Waals surface area (Å²) in [5.74, 6) is -0.867. The van der Waals surface area contributed by atoms with Gasteiger partial charge in [0.05, 0.1) is 35.2 Å². The van der Waals surface area contributed by atoms with E-state index in [1.54, 1.807) is 12.1 Å². The molecule has 3 heterocycles. The lowest BCUT2D eigenvalue weighted by Gasteiger charge is -2.26. The molecule has 158 valence electrons. The maximum atomic E-state index is 13.1. The summed E-state index contributed by atoms with van der Waals surface area (Å²) < 4.78 is 22.3. The Hall–Kier alpha value is -4.78. The van der Waals surface area contributed by atoms with Crippen molar-refractivity contribution >= 4 is 27.6 Å². The normalized spacial score (nSPS) is 15.3. The van der Waals surface area contributed by atoms with Gasteiger partial charge >= 0.3 is 5.63 Å². The second kappa shape index (κ2) is 6.88. The second-order valence-electron chi connectivity index (χ2n) is 7.02. The van der Waals surface area contributed by atoms with Crippen LogP contribution < -0.4 is 20.8 Å². The van der Waals surface area contributed by atoms with E-state index in [2.05, 4.69) is 0 Å². The highest BCUT2D eigenvalue weighted by molar-refractivity contribution is 6.04. The number of nitriles is 1. The number of nitrogens with zero attached hydrogens (tertiary/aromatic N) is 2. The zero-order valence-corrected chi connectivity index (χ0v) is 16.4. The number of furan rings is 1. The SMILES string of the molecule is COc1c2ccoc2cc2oc(=O)c3c(c12)OC(N)=C(C#N)C3c1cccc([N+](=O)[O-])c1. The summed E-state index contributed by atoms with van der Waals surface area (Å²) in [6.07, 6.45) is 1.46. The zero-order chi connectivity index (χ0) is 22.6. The molecular formula is C22H13N3O7. The number of fused-ring (bicyclic) bond motifs is 4. The number of hydrogen-bond donors (Lipinski definition) is 1. The van der Waals surface area contributed by atoms with Crippen LogP contribution >= 0.6 is 0 Å². The summed E-state index contributed by atoms with van der Waals surface area (Å²) >= 11 is 0. The molecule has 1 unspecified atom stereocenters. The first-order valence-electron chi connectivity index (χ1n) is 9.31. The van der Waals surface area contributed by atoms with Gasteiger partial charge in [0.25, 0.3) is 5.69 Å². The van der Waals surface area contributed by atoms with Gasteiger partial charge in [0.1, 0.15) is 33.9 Å². The highest BCUT2D eigenvalue weighted by atomic mass is 16.6. The lowest BCUT2D eigenvalue weighted by Crippen LogP contribution is -2.26. The fraction of sp³-hybridized carbons (Fsp3) is 0.0909. The number of ether oxygens (including phenoxy) is 2. The first-order chi connectivity index (χ1) is 15.4. The molecule has 1 aliphatic rings. The Morgan fingerprint density at radius 2 is 2.06 bits per heavy atom. The van der Waals surface area contributed by atoms with E-state index in [-0.39, 0.29) is 34.0 Å². The molecule has 0 saturated carbocycles. The van der Waals surface area contributed by atoms with Crippen LogP contribution in [0, 0.1) is 21.4 Å². The third-order valence-electron chi connectivity index (χ3n) is 5.36. The van der Waals surface area contributed by atoms with Crippen LogP contribution in [0.15, 0.2) is 67.7 Å². The molecule has 0 radical (unpaired) electrons. The Balaban J connectivity index is 1.90. The van der Waals surface area contributed by atoms with Crippen molar-refractivity contribution < 1.29 is 23.2 Å². The summed E-state index contributed by atoms with van der Waals surface area (Å²) in [5, 5.41) is 22.0. The van der Waals surface area contributed by atoms with Gasteiger partial charge in [0.2, 0.25) is 5.88 Å². The lowest BCUT2D eigenvalue weighted by atomic mass is 9.83. The standard InChI is InChI=1S/C22H13N3O7/c1-29-19-12-5-6-30-14(12)8-15-17(19)20-18(22(26)31-15)16(13(9-23)21(24)32-20)10-3-2-4-11(7-10)25(27)28/h2-8,16H,24H2,1H3. The van der Waals surface area contributed by atoms with E-state index in [0.29, 0.717) is 27.7 Å². The Morgan fingerprint density at radius 1 is 1.25 bits per heavy atom. The van der Waals surface area contributed by atoms with E-state index in [0.717, 1.165) is 0 Å². The predicted molar refractivity (Wildman–Crippen MR) is 111 cm³/mol. The quantitative estimate of drug-likeness (QED) is 0.290. The summed E-state index contributed by atoms with van der Waals surface area (Å²) in [6, 6.07) is 10.8. The molecule has 1 aliphatic heterocycles. The summed E-state index contributed by atoms with van der Waals surface area (Å²) in [4.78, 5) is 23.8. The summed E-state index contributed by atoms with van der Waals surface area (Å²) in [6.45, 7) is 0. The fourth-order valence-electron chi connectivity index (χ4n) is 4.03. The summed E-state index contributed by atoms with van der Waals surface area (Å²) in [7, 11) is 1.44. The number of rotatable bonds is 3. The second-order valence-corrected chi connectivity index (χ2v) is 7.02. The first-order valence-corrected chi connectivity index (χ1v) is 9.31. The molecule has 0 saturated heterocycles. The molecule has 1 atom stereocenters. The van der Waals surface area contributed by atoms with E-state index < -0.39 is 16.5 Å². The Bertz CT molecular complexity index is 1570. The topological polar surface area (TPSA) is 155 Å². The Labute approximate surface area is 178 Å². The van der Waals surface area contributed by atoms with Crippen molar-refractivity contribution in [2.24, 2.45) is 5.73 Å². The molecule has 2 N–H and O–H groups in total. The molecular weight excluding hydrogens is 418 g/mol. The number of methoxy groups -OCH3 is 1. The van der Waals surface area contributed by atoms with Gasteiger partial charge in [0, 0.05) is 18.2 Å². The highest BCUT2D eigenvalue weighted by Crippen LogP contribution is 2.48. The van der Waals surface area contributed by atoms with E-state index >= 15 is 0 Å². The van der Waals surface area contributed by atoms with Gasteiger partial charge in [-0.1, -0.05) is 12.1 Å². The minimum Gasteiger partial charge on any atom is -0.495 e. The van der Waals surface area contributed by atoms with Crippen molar-refractivity contribution in [1.82, 2.24) is 0 Å². The maximum Gasteiger partial charge on any atom is 0.344 e. The first kappa shape index (κ1) is 19.2. The molecule has 2 aromatic heterocycles. The van der Waals surface area contributed by atoms with Gasteiger partial charge in [-0.05, 0) is 11.6 Å². The van der Waals surface area contributed by atoms with Crippen LogP contribution in [0.25, 0.3) is 21.9 Å². The molecule has 0 spiro atoms. The molecule has 0 bridgehead atoms. The molecule has 5 rings (SSSR count). The van der Waals surface area contributed by atoms with Gasteiger partial charge < -0.3 is 24.0 Å². The molecule has 32 heavy (non-hydrogen) atoms. The minimum atomic E-state index is -1.03. The highest BCUT2D eigenvalue weighted by Gasteiger charge is 2.37. The van der Waals surface area contributed by atoms with Gasteiger partial charge in [-0.3, -0.25) is 10.1 Å². The van der Waals surface area contributed by atoms with Crippen molar-refractivity contribution in [1.29, 1.82) is 5.26 Å². The van der Waals surface area contributed by atoms with Crippen LogP contribution in [-0.2, 0) is 0 Å². The average molecular weight is 431 g/mol. The lowest BCUT2D eigenvalue weighted by molar-refractivity contribution is -0.384. The van der Waals surface area contributed by atoms with Crippen molar-refractivity contribution in [3.8, 4) is 17.6 Å². The third kappa shape index (κ3) is 2.61.